The minimum atomic E-state index is -0.526. The Bertz CT molecular complexity index is 1040. The van der Waals surface area contributed by atoms with E-state index in [0.717, 1.165) is 10.2 Å². The maximum absolute atomic E-state index is 12.6. The standard InChI is InChI=1S/C18H18ClN5O3S/c1-26-12-7-8-15(27-2)14(9-12)21-16-17(25)24(20)18(23-22-16)28-10-11-5-3-4-6-13(11)19/h3-9H,10,20H2,1-2H3,(H,21,22). The first-order valence-corrected chi connectivity index (χ1v) is 9.50. The molecule has 3 rings (SSSR count). The molecule has 8 nitrogen and oxygen atoms in total. The molecule has 0 unspecified atom stereocenters. The lowest BCUT2D eigenvalue weighted by atomic mass is 10.2. The van der Waals surface area contributed by atoms with Crippen molar-refractivity contribution >= 4 is 34.9 Å². The van der Waals surface area contributed by atoms with Crippen LogP contribution in [0, 0.1) is 0 Å². The van der Waals surface area contributed by atoms with Crippen molar-refractivity contribution in [2.45, 2.75) is 10.9 Å². The molecular weight excluding hydrogens is 402 g/mol. The number of hydrogen-bond donors (Lipinski definition) is 2. The van der Waals surface area contributed by atoms with Gasteiger partial charge in [-0.2, -0.15) is 4.68 Å². The van der Waals surface area contributed by atoms with E-state index in [2.05, 4.69) is 15.5 Å². The van der Waals surface area contributed by atoms with Gasteiger partial charge in [0.2, 0.25) is 11.0 Å². The fourth-order valence-electron chi connectivity index (χ4n) is 2.36. The molecule has 0 amide bonds. The zero-order valence-corrected chi connectivity index (χ0v) is 16.8. The molecule has 1 aromatic heterocycles. The smallest absolute Gasteiger partial charge is 0.315 e. The van der Waals surface area contributed by atoms with E-state index in [-0.39, 0.29) is 11.0 Å². The molecule has 0 aliphatic carbocycles. The molecule has 0 saturated heterocycles. The van der Waals surface area contributed by atoms with Crippen molar-refractivity contribution in [3.05, 3.63) is 63.4 Å². The summed E-state index contributed by atoms with van der Waals surface area (Å²) in [5.74, 6) is 7.50. The number of aromatic nitrogens is 3. The summed E-state index contributed by atoms with van der Waals surface area (Å²) in [6, 6.07) is 12.6. The maximum Gasteiger partial charge on any atom is 0.315 e. The van der Waals surface area contributed by atoms with Gasteiger partial charge in [0.05, 0.1) is 19.9 Å². The molecule has 0 radical (unpaired) electrons. The van der Waals surface area contributed by atoms with Gasteiger partial charge in [-0.15, -0.1) is 10.2 Å². The topological polar surface area (TPSA) is 104 Å². The lowest BCUT2D eigenvalue weighted by Crippen LogP contribution is -2.32. The monoisotopic (exact) mass is 419 g/mol. The Morgan fingerprint density at radius 2 is 1.96 bits per heavy atom. The molecule has 1 heterocycles. The van der Waals surface area contributed by atoms with E-state index in [1.807, 2.05) is 18.2 Å². The van der Waals surface area contributed by atoms with Crippen LogP contribution in [0.5, 0.6) is 11.5 Å². The zero-order valence-electron chi connectivity index (χ0n) is 15.2. The molecule has 3 aromatic rings. The number of ether oxygens (including phenoxy) is 2. The normalized spacial score (nSPS) is 10.5. The van der Waals surface area contributed by atoms with Gasteiger partial charge >= 0.3 is 5.56 Å². The van der Waals surface area contributed by atoms with Gasteiger partial charge in [0.15, 0.2) is 0 Å². The highest BCUT2D eigenvalue weighted by Crippen LogP contribution is 2.30. The summed E-state index contributed by atoms with van der Waals surface area (Å²) in [7, 11) is 3.07. The number of benzene rings is 2. The minimum absolute atomic E-state index is 0.0313. The number of anilines is 2. The fourth-order valence-corrected chi connectivity index (χ4v) is 3.50. The Morgan fingerprint density at radius 3 is 2.68 bits per heavy atom. The summed E-state index contributed by atoms with van der Waals surface area (Å²) in [6.45, 7) is 0. The van der Waals surface area contributed by atoms with Crippen molar-refractivity contribution in [2.24, 2.45) is 0 Å². The summed E-state index contributed by atoms with van der Waals surface area (Å²) < 4.78 is 11.4. The number of nitrogens with zero attached hydrogens (tertiary/aromatic N) is 3. The molecule has 2 aromatic carbocycles. The number of nitrogen functional groups attached to an aromatic ring is 1. The highest BCUT2D eigenvalue weighted by atomic mass is 35.5. The Morgan fingerprint density at radius 1 is 1.18 bits per heavy atom. The molecule has 28 heavy (non-hydrogen) atoms. The van der Waals surface area contributed by atoms with E-state index in [4.69, 9.17) is 26.9 Å². The molecule has 146 valence electrons. The number of methoxy groups -OCH3 is 2. The average Bonchev–Trinajstić information content (AvgIpc) is 2.72. The summed E-state index contributed by atoms with van der Waals surface area (Å²) in [5.41, 5.74) is 0.887. The average molecular weight is 420 g/mol. The number of hydrogen-bond acceptors (Lipinski definition) is 8. The molecule has 0 spiro atoms. The van der Waals surface area contributed by atoms with Crippen LogP contribution in [0.4, 0.5) is 11.5 Å². The highest BCUT2D eigenvalue weighted by molar-refractivity contribution is 7.98. The van der Waals surface area contributed by atoms with E-state index in [1.54, 1.807) is 31.4 Å². The molecule has 0 atom stereocenters. The largest absolute Gasteiger partial charge is 0.497 e. The highest BCUT2D eigenvalue weighted by Gasteiger charge is 2.14. The summed E-state index contributed by atoms with van der Waals surface area (Å²) >= 11 is 7.41. The number of rotatable bonds is 7. The number of nitrogens with two attached hydrogens (primary N) is 1. The molecule has 10 heteroatoms. The van der Waals surface area contributed by atoms with Gasteiger partial charge in [-0.3, -0.25) is 4.79 Å². The van der Waals surface area contributed by atoms with Crippen LogP contribution in [0.1, 0.15) is 5.56 Å². The summed E-state index contributed by atoms with van der Waals surface area (Å²) in [6.07, 6.45) is 0. The van der Waals surface area contributed by atoms with E-state index in [1.165, 1.54) is 18.9 Å². The first-order chi connectivity index (χ1) is 13.5. The van der Waals surface area contributed by atoms with Crippen LogP contribution >= 0.6 is 23.4 Å². The lowest BCUT2D eigenvalue weighted by Gasteiger charge is -2.13. The second-order valence-electron chi connectivity index (χ2n) is 5.58. The van der Waals surface area contributed by atoms with Gasteiger partial charge in [-0.05, 0) is 23.8 Å². The van der Waals surface area contributed by atoms with Gasteiger partial charge in [0.1, 0.15) is 11.5 Å². The van der Waals surface area contributed by atoms with Crippen LogP contribution < -0.4 is 26.2 Å². The van der Waals surface area contributed by atoms with Crippen molar-refractivity contribution < 1.29 is 9.47 Å². The van der Waals surface area contributed by atoms with Gasteiger partial charge in [0.25, 0.3) is 0 Å². The second-order valence-corrected chi connectivity index (χ2v) is 6.93. The van der Waals surface area contributed by atoms with Crippen molar-refractivity contribution in [3.63, 3.8) is 0 Å². The summed E-state index contributed by atoms with van der Waals surface area (Å²) in [4.78, 5) is 12.6. The Labute approximate surface area is 170 Å². The second kappa shape index (κ2) is 8.85. The zero-order chi connectivity index (χ0) is 20.1. The SMILES string of the molecule is COc1ccc(OC)c(Nc2nnc(SCc3ccccc3Cl)n(N)c2=O)c1. The van der Waals surface area contributed by atoms with Gasteiger partial charge in [-0.25, -0.2) is 0 Å². The maximum atomic E-state index is 12.6. The van der Waals surface area contributed by atoms with E-state index < -0.39 is 5.56 Å². The van der Waals surface area contributed by atoms with E-state index in [9.17, 15) is 4.79 Å². The van der Waals surface area contributed by atoms with Crippen molar-refractivity contribution in [1.29, 1.82) is 0 Å². The Kier molecular flexibility index (Phi) is 6.27. The van der Waals surface area contributed by atoms with Gasteiger partial charge in [0, 0.05) is 16.8 Å². The lowest BCUT2D eigenvalue weighted by molar-refractivity contribution is 0.405. The van der Waals surface area contributed by atoms with Crippen LogP contribution in [0.2, 0.25) is 5.02 Å². The molecular formula is C18H18ClN5O3S. The first kappa shape index (κ1) is 19.8. The van der Waals surface area contributed by atoms with Crippen LogP contribution in [0.25, 0.3) is 0 Å². The van der Waals surface area contributed by atoms with Crippen molar-refractivity contribution in [1.82, 2.24) is 14.9 Å². The Balaban J connectivity index is 1.83. The molecule has 0 aliphatic rings. The van der Waals surface area contributed by atoms with Crippen LogP contribution in [0.3, 0.4) is 0 Å². The quantitative estimate of drug-likeness (QED) is 0.444. The van der Waals surface area contributed by atoms with Crippen molar-refractivity contribution in [2.75, 3.05) is 25.4 Å². The number of nitrogens with one attached hydrogen (secondary N) is 1. The van der Waals surface area contributed by atoms with E-state index in [0.29, 0.717) is 28.0 Å². The number of halogens is 1. The third-order valence-electron chi connectivity index (χ3n) is 3.84. The van der Waals surface area contributed by atoms with Crippen LogP contribution in [-0.2, 0) is 5.75 Å². The molecule has 0 fully saturated rings. The summed E-state index contributed by atoms with van der Waals surface area (Å²) in [5, 5.41) is 11.8. The predicted molar refractivity (Wildman–Crippen MR) is 110 cm³/mol. The molecule has 0 saturated carbocycles. The fraction of sp³-hybridized carbons (Fsp3) is 0.167. The molecule has 0 aliphatic heterocycles. The van der Waals surface area contributed by atoms with Crippen LogP contribution in [-0.4, -0.2) is 29.1 Å². The molecule has 3 N–H and O–H groups in total. The van der Waals surface area contributed by atoms with Gasteiger partial charge in [-0.1, -0.05) is 41.6 Å². The minimum Gasteiger partial charge on any atom is -0.497 e. The Hall–Kier alpha value is -2.91. The third kappa shape index (κ3) is 4.32. The van der Waals surface area contributed by atoms with Gasteiger partial charge < -0.3 is 20.6 Å². The number of thioether (sulfide) groups is 1. The predicted octanol–water partition coefficient (Wildman–Crippen LogP) is 3.06. The van der Waals surface area contributed by atoms with E-state index >= 15 is 0 Å². The van der Waals surface area contributed by atoms with Crippen molar-refractivity contribution in [3.8, 4) is 11.5 Å². The van der Waals surface area contributed by atoms with Crippen LogP contribution in [0.15, 0.2) is 52.4 Å². The molecule has 0 bridgehead atoms. The first-order valence-electron chi connectivity index (χ1n) is 8.13. The third-order valence-corrected chi connectivity index (χ3v) is 5.20.